The molecule has 2 fully saturated rings. The summed E-state index contributed by atoms with van der Waals surface area (Å²) >= 11 is 7.63. The molecule has 128 valence electrons. The van der Waals surface area contributed by atoms with Crippen molar-refractivity contribution in [3.63, 3.8) is 0 Å². The van der Waals surface area contributed by atoms with Crippen molar-refractivity contribution in [2.45, 2.75) is 31.8 Å². The van der Waals surface area contributed by atoms with Gasteiger partial charge >= 0.3 is 0 Å². The van der Waals surface area contributed by atoms with Crippen LogP contribution in [-0.4, -0.2) is 36.3 Å². The first-order valence-corrected chi connectivity index (χ1v) is 9.10. The summed E-state index contributed by atoms with van der Waals surface area (Å²) in [5, 5.41) is 11.5. The summed E-state index contributed by atoms with van der Waals surface area (Å²) in [7, 11) is 1.59. The van der Waals surface area contributed by atoms with Crippen LogP contribution in [0, 0.1) is 0 Å². The van der Waals surface area contributed by atoms with Gasteiger partial charge in [0.2, 0.25) is 5.91 Å². The molecule has 0 unspecified atom stereocenters. The Morgan fingerprint density at radius 3 is 2.79 bits per heavy atom. The normalized spacial score (nSPS) is 20.1. The van der Waals surface area contributed by atoms with Gasteiger partial charge in [0.15, 0.2) is 16.7 Å². The molecule has 1 N–H and O–H groups in total. The van der Waals surface area contributed by atoms with E-state index in [4.69, 9.17) is 21.1 Å². The van der Waals surface area contributed by atoms with Gasteiger partial charge in [-0.15, -0.1) is 5.10 Å². The van der Waals surface area contributed by atoms with E-state index in [1.165, 1.54) is 30.8 Å². The van der Waals surface area contributed by atoms with Crippen LogP contribution in [0.15, 0.2) is 22.3 Å². The molecule has 24 heavy (non-hydrogen) atoms. The van der Waals surface area contributed by atoms with Crippen molar-refractivity contribution in [1.29, 1.82) is 0 Å². The van der Waals surface area contributed by atoms with Gasteiger partial charge in [-0.25, -0.2) is 0 Å². The average Bonchev–Trinajstić information content (AvgIpc) is 3.21. The van der Waals surface area contributed by atoms with Crippen LogP contribution in [0.5, 0.6) is 11.5 Å². The number of ether oxygens (including phenoxy) is 2. The summed E-state index contributed by atoms with van der Waals surface area (Å²) in [6, 6.07) is 3.52. The van der Waals surface area contributed by atoms with Gasteiger partial charge in [-0.05, 0) is 31.7 Å². The zero-order valence-corrected chi connectivity index (χ0v) is 14.8. The quantitative estimate of drug-likeness (QED) is 0.640. The number of hydrogen-bond donors (Lipinski definition) is 1. The molecule has 2 aliphatic rings. The van der Waals surface area contributed by atoms with Crippen LogP contribution in [0.1, 0.15) is 31.2 Å². The fraction of sp³-hybridized carbons (Fsp3) is 0.438. The molecular formula is C16H18ClN3O3S. The lowest BCUT2D eigenvalue weighted by molar-refractivity contribution is -0.116. The largest absolute Gasteiger partial charge is 0.493 e. The van der Waals surface area contributed by atoms with E-state index in [2.05, 4.69) is 15.5 Å². The van der Waals surface area contributed by atoms with E-state index >= 15 is 0 Å². The Kier molecular flexibility index (Phi) is 5.63. The van der Waals surface area contributed by atoms with Crippen LogP contribution < -0.4 is 14.8 Å². The molecule has 0 radical (unpaired) electrons. The van der Waals surface area contributed by atoms with Crippen molar-refractivity contribution in [2.24, 2.45) is 10.2 Å². The topological polar surface area (TPSA) is 72.3 Å². The number of rotatable bonds is 5. The molecule has 8 heteroatoms. The van der Waals surface area contributed by atoms with Crippen molar-refractivity contribution in [3.05, 3.63) is 22.7 Å². The maximum Gasteiger partial charge on any atom is 0.236 e. The van der Waals surface area contributed by atoms with Crippen molar-refractivity contribution >= 4 is 40.7 Å². The number of amides is 1. The van der Waals surface area contributed by atoms with E-state index in [1.807, 2.05) is 0 Å². The van der Waals surface area contributed by atoms with Crippen LogP contribution in [0.2, 0.25) is 5.02 Å². The molecule has 1 saturated heterocycles. The minimum atomic E-state index is -0.0675. The fourth-order valence-corrected chi connectivity index (χ4v) is 3.44. The zero-order valence-electron chi connectivity index (χ0n) is 13.3. The molecule has 6 nitrogen and oxygen atoms in total. The Bertz CT molecular complexity index is 687. The minimum Gasteiger partial charge on any atom is -0.493 e. The Labute approximate surface area is 149 Å². The summed E-state index contributed by atoms with van der Waals surface area (Å²) in [5.74, 6) is 1.57. The summed E-state index contributed by atoms with van der Waals surface area (Å²) in [6.07, 6.45) is 6.27. The molecule has 1 aliphatic heterocycles. The summed E-state index contributed by atoms with van der Waals surface area (Å²) < 4.78 is 11.4. The smallest absolute Gasteiger partial charge is 0.236 e. The van der Waals surface area contributed by atoms with E-state index < -0.39 is 0 Å². The number of carbonyl (C=O) groups excluding carboxylic acids is 1. The monoisotopic (exact) mass is 367 g/mol. The Morgan fingerprint density at radius 2 is 2.12 bits per heavy atom. The second-order valence-corrected chi connectivity index (χ2v) is 6.91. The highest BCUT2D eigenvalue weighted by atomic mass is 35.5. The van der Waals surface area contributed by atoms with Crippen LogP contribution in [-0.2, 0) is 4.79 Å². The van der Waals surface area contributed by atoms with E-state index in [0.29, 0.717) is 33.0 Å². The van der Waals surface area contributed by atoms with Gasteiger partial charge in [0.1, 0.15) is 0 Å². The van der Waals surface area contributed by atoms with Gasteiger partial charge in [0, 0.05) is 11.6 Å². The van der Waals surface area contributed by atoms with E-state index in [9.17, 15) is 4.79 Å². The van der Waals surface area contributed by atoms with Crippen LogP contribution in [0.4, 0.5) is 0 Å². The molecule has 0 atom stereocenters. The number of carbonyl (C=O) groups is 1. The number of thioether (sulfide) groups is 1. The number of nitrogens with one attached hydrogen (secondary N) is 1. The van der Waals surface area contributed by atoms with Crippen LogP contribution in [0.25, 0.3) is 0 Å². The third kappa shape index (κ3) is 4.21. The molecule has 1 amide bonds. The number of methoxy groups -OCH3 is 1. The highest BCUT2D eigenvalue weighted by molar-refractivity contribution is 8.15. The maximum atomic E-state index is 11.1. The molecule has 1 aliphatic carbocycles. The van der Waals surface area contributed by atoms with E-state index in [-0.39, 0.29) is 12.0 Å². The van der Waals surface area contributed by atoms with Crippen molar-refractivity contribution in [3.8, 4) is 11.5 Å². The second-order valence-electron chi connectivity index (χ2n) is 5.54. The van der Waals surface area contributed by atoms with Crippen LogP contribution in [0.3, 0.4) is 0 Å². The van der Waals surface area contributed by atoms with Gasteiger partial charge in [-0.3, -0.25) is 4.79 Å². The SMILES string of the molecule is COc1cc(C=NN=C2NC(=O)CS2)c(Cl)cc1OC1CCCC1. The maximum absolute atomic E-state index is 11.1. The molecule has 1 saturated carbocycles. The lowest BCUT2D eigenvalue weighted by atomic mass is 10.2. The number of hydrogen-bond acceptors (Lipinski definition) is 6. The third-order valence-electron chi connectivity index (χ3n) is 3.81. The third-order valence-corrected chi connectivity index (χ3v) is 5.00. The molecule has 0 aromatic heterocycles. The minimum absolute atomic E-state index is 0.0675. The lowest BCUT2D eigenvalue weighted by Gasteiger charge is -2.16. The molecule has 0 bridgehead atoms. The zero-order chi connectivity index (χ0) is 16.9. The summed E-state index contributed by atoms with van der Waals surface area (Å²) in [6.45, 7) is 0. The molecule has 1 heterocycles. The summed E-state index contributed by atoms with van der Waals surface area (Å²) in [5.41, 5.74) is 0.672. The molecule has 3 rings (SSSR count). The van der Waals surface area contributed by atoms with Gasteiger partial charge in [0.25, 0.3) is 0 Å². The molecule has 1 aromatic rings. The molecule has 1 aromatic carbocycles. The number of benzene rings is 1. The highest BCUT2D eigenvalue weighted by Crippen LogP contribution is 2.35. The van der Waals surface area contributed by atoms with Crippen molar-refractivity contribution in [1.82, 2.24) is 5.32 Å². The summed E-state index contributed by atoms with van der Waals surface area (Å²) in [4.78, 5) is 11.1. The first-order chi connectivity index (χ1) is 11.7. The first kappa shape index (κ1) is 17.1. The van der Waals surface area contributed by atoms with Gasteiger partial charge in [0.05, 0.1) is 30.2 Å². The first-order valence-electron chi connectivity index (χ1n) is 7.73. The van der Waals surface area contributed by atoms with Gasteiger partial charge < -0.3 is 14.8 Å². The number of nitrogens with zero attached hydrogens (tertiary/aromatic N) is 2. The Balaban J connectivity index is 1.74. The molecular weight excluding hydrogens is 350 g/mol. The van der Waals surface area contributed by atoms with Gasteiger partial charge in [-0.1, -0.05) is 23.4 Å². The van der Waals surface area contributed by atoms with Crippen molar-refractivity contribution in [2.75, 3.05) is 12.9 Å². The van der Waals surface area contributed by atoms with Gasteiger partial charge in [-0.2, -0.15) is 5.10 Å². The number of halogens is 1. The van der Waals surface area contributed by atoms with Crippen molar-refractivity contribution < 1.29 is 14.3 Å². The lowest BCUT2D eigenvalue weighted by Crippen LogP contribution is -2.19. The van der Waals surface area contributed by atoms with E-state index in [1.54, 1.807) is 19.2 Å². The number of amidine groups is 1. The van der Waals surface area contributed by atoms with Crippen LogP contribution >= 0.6 is 23.4 Å². The highest BCUT2D eigenvalue weighted by Gasteiger charge is 2.19. The Hall–Kier alpha value is -1.73. The average molecular weight is 368 g/mol. The Morgan fingerprint density at radius 1 is 1.33 bits per heavy atom. The standard InChI is InChI=1S/C16H18ClN3O3S/c1-22-13-6-10(8-18-20-16-19-15(21)9-24-16)12(17)7-14(13)23-11-4-2-3-5-11/h6-8,11H,2-5,9H2,1H3,(H,19,20,21). The predicted octanol–water partition coefficient (Wildman–Crippen LogP) is 3.22. The van der Waals surface area contributed by atoms with E-state index in [0.717, 1.165) is 12.8 Å². The molecule has 0 spiro atoms. The fourth-order valence-electron chi connectivity index (χ4n) is 2.61. The second kappa shape index (κ2) is 7.90. The predicted molar refractivity (Wildman–Crippen MR) is 96.5 cm³/mol.